The van der Waals surface area contributed by atoms with Gasteiger partial charge in [-0.2, -0.15) is 0 Å². The lowest BCUT2D eigenvalue weighted by Gasteiger charge is -2.11. The van der Waals surface area contributed by atoms with Crippen LogP contribution < -0.4 is 5.32 Å². The van der Waals surface area contributed by atoms with E-state index in [2.05, 4.69) is 5.32 Å². The van der Waals surface area contributed by atoms with Gasteiger partial charge in [0, 0.05) is 22.5 Å². The maximum Gasteiger partial charge on any atom is 0.332 e. The van der Waals surface area contributed by atoms with Crippen molar-refractivity contribution < 1.29 is 19.1 Å². The van der Waals surface area contributed by atoms with Gasteiger partial charge in [-0.1, -0.05) is 11.6 Å². The number of halogens is 1. The topological polar surface area (TPSA) is 64.6 Å². The molecule has 0 radical (unpaired) electrons. The van der Waals surface area contributed by atoms with Crippen LogP contribution in [0.1, 0.15) is 20.3 Å². The number of ether oxygens (including phenoxy) is 2. The third kappa shape index (κ3) is 6.81. The fourth-order valence-corrected chi connectivity index (χ4v) is 1.67. The molecule has 0 aromatic heterocycles. The fourth-order valence-electron chi connectivity index (χ4n) is 1.54. The van der Waals surface area contributed by atoms with Crippen LogP contribution in [0.15, 0.2) is 36.0 Å². The van der Waals surface area contributed by atoms with Crippen LogP contribution in [-0.4, -0.2) is 25.2 Å². The van der Waals surface area contributed by atoms with E-state index < -0.39 is 11.9 Å². The Balaban J connectivity index is 2.82. The number of carbonyl (C=O) groups is 2. The van der Waals surface area contributed by atoms with Gasteiger partial charge < -0.3 is 14.8 Å². The van der Waals surface area contributed by atoms with Crippen molar-refractivity contribution >= 4 is 29.2 Å². The molecule has 0 aliphatic heterocycles. The first-order valence-electron chi connectivity index (χ1n) is 6.60. The molecule has 114 valence electrons. The highest BCUT2D eigenvalue weighted by atomic mass is 35.5. The summed E-state index contributed by atoms with van der Waals surface area (Å²) >= 11 is 5.81. The third-order valence-electron chi connectivity index (χ3n) is 2.37. The Kier molecular flexibility index (Phi) is 7.32. The zero-order valence-electron chi connectivity index (χ0n) is 12.0. The van der Waals surface area contributed by atoms with E-state index in [9.17, 15) is 9.59 Å². The fraction of sp³-hybridized carbons (Fsp3) is 0.333. The van der Waals surface area contributed by atoms with Gasteiger partial charge in [0.25, 0.3) is 0 Å². The summed E-state index contributed by atoms with van der Waals surface area (Å²) in [5, 5.41) is 3.58. The smallest absolute Gasteiger partial charge is 0.332 e. The highest BCUT2D eigenvalue weighted by molar-refractivity contribution is 6.30. The summed E-state index contributed by atoms with van der Waals surface area (Å²) in [6.07, 6.45) is 1.20. The average molecular weight is 312 g/mol. The first-order valence-corrected chi connectivity index (χ1v) is 6.98. The minimum Gasteiger partial charge on any atom is -0.466 e. The van der Waals surface area contributed by atoms with Gasteiger partial charge >= 0.3 is 11.9 Å². The van der Waals surface area contributed by atoms with Gasteiger partial charge in [-0.05, 0) is 38.1 Å². The molecule has 21 heavy (non-hydrogen) atoms. The predicted molar refractivity (Wildman–Crippen MR) is 81.0 cm³/mol. The molecule has 0 aliphatic carbocycles. The maximum absolute atomic E-state index is 11.6. The van der Waals surface area contributed by atoms with Crippen molar-refractivity contribution in [3.8, 4) is 0 Å². The van der Waals surface area contributed by atoms with E-state index in [0.717, 1.165) is 0 Å². The SMILES string of the molecule is CCOC(=O)C=C(CC(=O)OCC)Nc1ccc(Cl)cc1. The second-order valence-corrected chi connectivity index (χ2v) is 4.47. The monoisotopic (exact) mass is 311 g/mol. The van der Waals surface area contributed by atoms with E-state index in [1.807, 2.05) is 0 Å². The van der Waals surface area contributed by atoms with Crippen LogP contribution in [-0.2, 0) is 19.1 Å². The average Bonchev–Trinajstić information content (AvgIpc) is 2.41. The highest BCUT2D eigenvalue weighted by Crippen LogP contribution is 2.16. The lowest BCUT2D eigenvalue weighted by molar-refractivity contribution is -0.142. The highest BCUT2D eigenvalue weighted by Gasteiger charge is 2.10. The van der Waals surface area contributed by atoms with Crippen LogP contribution in [0.25, 0.3) is 0 Å². The number of hydrogen-bond donors (Lipinski definition) is 1. The summed E-state index contributed by atoms with van der Waals surface area (Å²) in [7, 11) is 0. The Morgan fingerprint density at radius 3 is 2.33 bits per heavy atom. The Labute approximate surface area is 128 Å². The predicted octanol–water partition coefficient (Wildman–Crippen LogP) is 3.15. The molecule has 1 aromatic carbocycles. The molecule has 0 bridgehead atoms. The van der Waals surface area contributed by atoms with Gasteiger partial charge in [0.15, 0.2) is 0 Å². The molecule has 0 fully saturated rings. The number of rotatable bonds is 7. The van der Waals surface area contributed by atoms with Crippen LogP contribution in [0.2, 0.25) is 5.02 Å². The molecule has 0 amide bonds. The Hall–Kier alpha value is -2.01. The minimum atomic E-state index is -0.515. The van der Waals surface area contributed by atoms with Crippen molar-refractivity contribution in [2.45, 2.75) is 20.3 Å². The molecule has 1 rings (SSSR count). The molecule has 1 N–H and O–H groups in total. The molecule has 0 spiro atoms. The number of benzene rings is 1. The summed E-state index contributed by atoms with van der Waals surface area (Å²) in [5.74, 6) is -0.937. The normalized spacial score (nSPS) is 10.9. The van der Waals surface area contributed by atoms with Crippen LogP contribution in [0, 0.1) is 0 Å². The number of hydrogen-bond acceptors (Lipinski definition) is 5. The van der Waals surface area contributed by atoms with Crippen LogP contribution >= 0.6 is 11.6 Å². The molecule has 6 heteroatoms. The summed E-state index contributed by atoms with van der Waals surface area (Å²) < 4.78 is 9.72. The van der Waals surface area contributed by atoms with E-state index in [1.54, 1.807) is 38.1 Å². The zero-order valence-corrected chi connectivity index (χ0v) is 12.8. The van der Waals surface area contributed by atoms with Gasteiger partial charge in [-0.3, -0.25) is 4.79 Å². The molecule has 0 saturated heterocycles. The van der Waals surface area contributed by atoms with Crippen molar-refractivity contribution in [3.05, 3.63) is 41.1 Å². The maximum atomic E-state index is 11.6. The van der Waals surface area contributed by atoms with Crippen LogP contribution in [0.4, 0.5) is 5.69 Å². The first-order chi connectivity index (χ1) is 10.0. The lowest BCUT2D eigenvalue weighted by Crippen LogP contribution is -2.12. The van der Waals surface area contributed by atoms with E-state index in [0.29, 0.717) is 16.4 Å². The summed E-state index contributed by atoms with van der Waals surface area (Å²) in [6, 6.07) is 6.89. The van der Waals surface area contributed by atoms with Crippen molar-refractivity contribution in [1.29, 1.82) is 0 Å². The zero-order chi connectivity index (χ0) is 15.7. The number of carbonyl (C=O) groups excluding carboxylic acids is 2. The molecule has 5 nitrogen and oxygen atoms in total. The van der Waals surface area contributed by atoms with E-state index in [-0.39, 0.29) is 19.6 Å². The Morgan fingerprint density at radius 2 is 1.76 bits per heavy atom. The summed E-state index contributed by atoms with van der Waals surface area (Å²) in [5.41, 5.74) is 1.11. The van der Waals surface area contributed by atoms with Gasteiger partial charge in [-0.15, -0.1) is 0 Å². The second kappa shape index (κ2) is 9.02. The van der Waals surface area contributed by atoms with E-state index in [4.69, 9.17) is 21.1 Å². The van der Waals surface area contributed by atoms with Crippen molar-refractivity contribution in [2.75, 3.05) is 18.5 Å². The first kappa shape index (κ1) is 17.0. The van der Waals surface area contributed by atoms with Gasteiger partial charge in [0.1, 0.15) is 0 Å². The van der Waals surface area contributed by atoms with Gasteiger partial charge in [-0.25, -0.2) is 4.79 Å². The summed E-state index contributed by atoms with van der Waals surface area (Å²) in [4.78, 5) is 23.1. The van der Waals surface area contributed by atoms with Crippen molar-refractivity contribution in [1.82, 2.24) is 0 Å². The Bertz CT molecular complexity index is 511. The molecular weight excluding hydrogens is 294 g/mol. The summed E-state index contributed by atoms with van der Waals surface area (Å²) in [6.45, 7) is 3.98. The number of nitrogens with one attached hydrogen (secondary N) is 1. The van der Waals surface area contributed by atoms with Crippen LogP contribution in [0.3, 0.4) is 0 Å². The minimum absolute atomic E-state index is 0.0463. The molecule has 0 saturated carbocycles. The molecule has 1 aromatic rings. The van der Waals surface area contributed by atoms with Crippen molar-refractivity contribution in [3.63, 3.8) is 0 Å². The Morgan fingerprint density at radius 1 is 1.14 bits per heavy atom. The second-order valence-electron chi connectivity index (χ2n) is 4.04. The quantitative estimate of drug-likeness (QED) is 0.619. The molecule has 0 heterocycles. The third-order valence-corrected chi connectivity index (χ3v) is 2.62. The lowest BCUT2D eigenvalue weighted by atomic mass is 10.2. The largest absolute Gasteiger partial charge is 0.466 e. The van der Waals surface area contributed by atoms with Crippen LogP contribution in [0.5, 0.6) is 0 Å². The van der Waals surface area contributed by atoms with Crippen molar-refractivity contribution in [2.24, 2.45) is 0 Å². The molecular formula is C15H18ClNO4. The molecule has 0 unspecified atom stereocenters. The van der Waals surface area contributed by atoms with E-state index >= 15 is 0 Å². The van der Waals surface area contributed by atoms with E-state index in [1.165, 1.54) is 6.08 Å². The number of anilines is 1. The van der Waals surface area contributed by atoms with Gasteiger partial charge in [0.2, 0.25) is 0 Å². The number of esters is 2. The molecule has 0 aliphatic rings. The van der Waals surface area contributed by atoms with Gasteiger partial charge in [0.05, 0.1) is 19.6 Å². The molecule has 0 atom stereocenters. The standard InChI is InChI=1S/C15H18ClNO4/c1-3-20-14(18)9-13(10-15(19)21-4-2)17-12-7-5-11(16)6-8-12/h5-9,17H,3-4,10H2,1-2H3.